The van der Waals surface area contributed by atoms with Crippen LogP contribution < -0.4 is 19.7 Å². The molecule has 13 heteroatoms. The molecule has 0 unspecified atom stereocenters. The number of rotatable bonds is 9. The number of anilines is 1. The number of hydrogen-bond donors (Lipinski definition) is 2. The molecule has 0 aliphatic heterocycles. The number of fused-ring (bicyclic) bond motifs is 1. The molecule has 1 aromatic carbocycles. The number of ether oxygens (including phenoxy) is 2. The van der Waals surface area contributed by atoms with Gasteiger partial charge < -0.3 is 24.8 Å². The van der Waals surface area contributed by atoms with Gasteiger partial charge in [-0.2, -0.15) is 28.4 Å². The number of nitrogens with zero attached hydrogens (tertiary/aromatic N) is 5. The molecule has 220 valence electrons. The molecule has 3 heterocycles. The molecule has 1 aliphatic carbocycles. The third-order valence-electron chi connectivity index (χ3n) is 7.35. The van der Waals surface area contributed by atoms with Crippen LogP contribution in [-0.4, -0.2) is 65.7 Å². The lowest BCUT2D eigenvalue weighted by Gasteiger charge is -2.28. The zero-order valence-electron chi connectivity index (χ0n) is 23.1. The van der Waals surface area contributed by atoms with E-state index in [4.69, 9.17) is 14.7 Å². The SMILES string of the molecule is COc1nc(N(C)[C@H]2C[C@@H](NCc3ccc(-c4cnc(C#N)c(OC)c4)cc3)C[C@H]2O)c2cc(CC(F)(F)F)sc2n1. The van der Waals surface area contributed by atoms with Gasteiger partial charge in [0.25, 0.3) is 0 Å². The van der Waals surface area contributed by atoms with Gasteiger partial charge in [-0.05, 0) is 36.1 Å². The first-order valence-corrected chi connectivity index (χ1v) is 14.0. The maximum atomic E-state index is 13.0. The fraction of sp³-hybridized carbons (Fsp3) is 0.379. The average molecular weight is 599 g/mol. The molecule has 5 rings (SSSR count). The summed E-state index contributed by atoms with van der Waals surface area (Å²) in [7, 11) is 4.69. The van der Waals surface area contributed by atoms with Crippen LogP contribution in [-0.2, 0) is 13.0 Å². The van der Waals surface area contributed by atoms with Crippen LogP contribution in [0.5, 0.6) is 11.8 Å². The highest BCUT2D eigenvalue weighted by Crippen LogP contribution is 2.37. The number of halogens is 3. The Morgan fingerprint density at radius 2 is 1.88 bits per heavy atom. The van der Waals surface area contributed by atoms with Gasteiger partial charge in [0.2, 0.25) is 0 Å². The fourth-order valence-electron chi connectivity index (χ4n) is 5.23. The van der Waals surface area contributed by atoms with E-state index in [-0.39, 0.29) is 28.7 Å². The van der Waals surface area contributed by atoms with Gasteiger partial charge in [-0.3, -0.25) is 0 Å². The van der Waals surface area contributed by atoms with Gasteiger partial charge in [0.05, 0.1) is 38.2 Å². The van der Waals surface area contributed by atoms with Gasteiger partial charge >= 0.3 is 12.2 Å². The second-order valence-corrected chi connectivity index (χ2v) is 11.3. The van der Waals surface area contributed by atoms with Gasteiger partial charge in [-0.25, -0.2) is 4.98 Å². The van der Waals surface area contributed by atoms with E-state index in [1.54, 1.807) is 19.3 Å². The Morgan fingerprint density at radius 3 is 2.55 bits per heavy atom. The van der Waals surface area contributed by atoms with Crippen LogP contribution in [0.4, 0.5) is 19.0 Å². The minimum absolute atomic E-state index is 0.0154. The maximum absolute atomic E-state index is 13.0. The van der Waals surface area contributed by atoms with Crippen LogP contribution in [0.2, 0.25) is 0 Å². The number of aliphatic hydroxyl groups excluding tert-OH is 1. The zero-order chi connectivity index (χ0) is 30.0. The van der Waals surface area contributed by atoms with E-state index in [2.05, 4.69) is 20.3 Å². The fourth-order valence-corrected chi connectivity index (χ4v) is 6.28. The molecule has 1 fully saturated rings. The number of nitrogens with one attached hydrogen (secondary N) is 1. The topological polar surface area (TPSA) is 116 Å². The number of likely N-dealkylation sites (N-methyl/N-ethyl adjacent to an activating group) is 1. The molecule has 2 N–H and O–H groups in total. The van der Waals surface area contributed by atoms with Crippen molar-refractivity contribution in [1.82, 2.24) is 20.3 Å². The third kappa shape index (κ3) is 6.41. The molecule has 0 spiro atoms. The van der Waals surface area contributed by atoms with Crippen molar-refractivity contribution in [2.45, 2.75) is 50.2 Å². The summed E-state index contributed by atoms with van der Waals surface area (Å²) in [6.45, 7) is 0.583. The number of alkyl halides is 3. The van der Waals surface area contributed by atoms with Gasteiger partial charge in [0.15, 0.2) is 11.4 Å². The first kappa shape index (κ1) is 29.5. The number of benzene rings is 1. The van der Waals surface area contributed by atoms with Crippen molar-refractivity contribution in [2.24, 2.45) is 0 Å². The molecular formula is C29H29F3N6O3S. The summed E-state index contributed by atoms with van der Waals surface area (Å²) in [6.07, 6.45) is -3.29. The van der Waals surface area contributed by atoms with E-state index in [1.165, 1.54) is 20.3 Å². The van der Waals surface area contributed by atoms with E-state index in [0.29, 0.717) is 41.2 Å². The highest BCUT2D eigenvalue weighted by atomic mass is 32.1. The van der Waals surface area contributed by atoms with E-state index >= 15 is 0 Å². The van der Waals surface area contributed by atoms with Crippen LogP contribution in [0.1, 0.15) is 29.0 Å². The van der Waals surface area contributed by atoms with Crippen molar-refractivity contribution in [3.8, 4) is 29.0 Å². The van der Waals surface area contributed by atoms with E-state index in [9.17, 15) is 18.3 Å². The van der Waals surface area contributed by atoms with Crippen molar-refractivity contribution in [2.75, 3.05) is 26.2 Å². The number of hydrogen-bond acceptors (Lipinski definition) is 10. The summed E-state index contributed by atoms with van der Waals surface area (Å²) in [5.74, 6) is 0.845. The molecule has 3 aromatic heterocycles. The smallest absolute Gasteiger partial charge is 0.393 e. The monoisotopic (exact) mass is 598 g/mol. The maximum Gasteiger partial charge on any atom is 0.393 e. The second kappa shape index (κ2) is 12.1. The van der Waals surface area contributed by atoms with Crippen LogP contribution >= 0.6 is 11.3 Å². The van der Waals surface area contributed by atoms with E-state index in [0.717, 1.165) is 28.0 Å². The first-order valence-electron chi connectivity index (χ1n) is 13.2. The summed E-state index contributed by atoms with van der Waals surface area (Å²) >= 11 is 0.963. The summed E-state index contributed by atoms with van der Waals surface area (Å²) < 4.78 is 49.6. The summed E-state index contributed by atoms with van der Waals surface area (Å²) in [6, 6.07) is 13.0. The van der Waals surface area contributed by atoms with Gasteiger partial charge in [-0.1, -0.05) is 24.3 Å². The summed E-state index contributed by atoms with van der Waals surface area (Å²) in [5.41, 5.74) is 3.05. The van der Waals surface area contributed by atoms with E-state index < -0.39 is 18.7 Å². The van der Waals surface area contributed by atoms with Crippen LogP contribution in [0.25, 0.3) is 21.3 Å². The van der Waals surface area contributed by atoms with Crippen molar-refractivity contribution >= 4 is 27.4 Å². The minimum atomic E-state index is -4.33. The molecule has 1 aliphatic rings. The largest absolute Gasteiger partial charge is 0.494 e. The second-order valence-electron chi connectivity index (χ2n) is 10.1. The molecule has 1 saturated carbocycles. The number of aliphatic hydroxyl groups is 1. The van der Waals surface area contributed by atoms with Crippen molar-refractivity contribution in [3.05, 3.63) is 58.7 Å². The van der Waals surface area contributed by atoms with Crippen molar-refractivity contribution < 1.29 is 27.8 Å². The Labute approximate surface area is 244 Å². The number of thiophene rings is 1. The number of pyridine rings is 1. The molecule has 0 radical (unpaired) electrons. The highest BCUT2D eigenvalue weighted by Gasteiger charge is 2.37. The Balaban J connectivity index is 1.26. The average Bonchev–Trinajstić information content (AvgIpc) is 3.55. The predicted molar refractivity (Wildman–Crippen MR) is 153 cm³/mol. The highest BCUT2D eigenvalue weighted by molar-refractivity contribution is 7.18. The predicted octanol–water partition coefficient (Wildman–Crippen LogP) is 4.86. The lowest BCUT2D eigenvalue weighted by molar-refractivity contribution is -0.126. The Morgan fingerprint density at radius 1 is 1.12 bits per heavy atom. The zero-order valence-corrected chi connectivity index (χ0v) is 24.0. The Bertz CT molecular complexity index is 1610. The normalized spacial score (nSPS) is 18.7. The van der Waals surface area contributed by atoms with Crippen molar-refractivity contribution in [1.29, 1.82) is 5.26 Å². The molecule has 0 saturated heterocycles. The van der Waals surface area contributed by atoms with Gasteiger partial charge in [0.1, 0.15) is 16.7 Å². The molecule has 9 nitrogen and oxygen atoms in total. The number of nitriles is 1. The van der Waals surface area contributed by atoms with Crippen molar-refractivity contribution in [3.63, 3.8) is 0 Å². The van der Waals surface area contributed by atoms with Gasteiger partial charge in [-0.15, -0.1) is 11.3 Å². The number of methoxy groups -OCH3 is 2. The summed E-state index contributed by atoms with van der Waals surface area (Å²) in [5, 5.41) is 24.1. The lowest BCUT2D eigenvalue weighted by atomic mass is 10.0. The van der Waals surface area contributed by atoms with Gasteiger partial charge in [0, 0.05) is 36.3 Å². The Hall–Kier alpha value is -3.99. The molecule has 0 bridgehead atoms. The molecule has 4 aromatic rings. The molecule has 3 atom stereocenters. The third-order valence-corrected chi connectivity index (χ3v) is 8.38. The molecule has 42 heavy (non-hydrogen) atoms. The molecular weight excluding hydrogens is 569 g/mol. The van der Waals surface area contributed by atoms with Crippen LogP contribution in [0, 0.1) is 11.3 Å². The summed E-state index contributed by atoms with van der Waals surface area (Å²) in [4.78, 5) is 15.2. The number of aromatic nitrogens is 3. The first-order chi connectivity index (χ1) is 20.1. The van der Waals surface area contributed by atoms with E-state index in [1.807, 2.05) is 35.2 Å². The minimum Gasteiger partial charge on any atom is -0.494 e. The molecule has 0 amide bonds. The Kier molecular flexibility index (Phi) is 8.49. The quantitative estimate of drug-likeness (QED) is 0.279. The van der Waals surface area contributed by atoms with Crippen LogP contribution in [0.15, 0.2) is 42.6 Å². The lowest BCUT2D eigenvalue weighted by Crippen LogP contribution is -2.38. The standard InChI is InChI=1S/C29H29F3N6O3S/c1-38(26-21-11-20(12-29(30,31)32)42-27(21)37-28(36-26)41-3)23-9-19(10-24(23)39)34-14-16-4-6-17(7-5-16)18-8-25(40-2)22(13-33)35-15-18/h4-8,11,15,19,23-24,34,39H,9-10,12,14H2,1-3H3/t19-,23+,24-/m1/s1. The van der Waals surface area contributed by atoms with Crippen LogP contribution in [0.3, 0.4) is 0 Å².